The van der Waals surface area contributed by atoms with Gasteiger partial charge in [-0.3, -0.25) is 0 Å². The molecule has 1 fully saturated rings. The van der Waals surface area contributed by atoms with Gasteiger partial charge in [0, 0.05) is 0 Å². The molecule has 1 heterocycles. The van der Waals surface area contributed by atoms with Crippen molar-refractivity contribution >= 4 is 11.9 Å². The molecule has 14 heavy (non-hydrogen) atoms. The summed E-state index contributed by atoms with van der Waals surface area (Å²) >= 11 is 0. The van der Waals surface area contributed by atoms with Gasteiger partial charge in [-0.1, -0.05) is 6.42 Å². The second-order valence-corrected chi connectivity index (χ2v) is 4.41. The Morgan fingerprint density at radius 3 is 1.86 bits per heavy atom. The third kappa shape index (κ3) is 0.925. The largest absolute Gasteiger partial charge is 0.386 e. The van der Waals surface area contributed by atoms with Crippen LogP contribution in [0.2, 0.25) is 0 Å². The van der Waals surface area contributed by atoms with E-state index in [1.165, 1.54) is 0 Å². The normalized spacial score (nSPS) is 35.7. The Balaban J connectivity index is 2.14. The van der Waals surface area contributed by atoms with Crippen LogP contribution in [0.4, 0.5) is 0 Å². The fraction of sp³-hybridized carbons (Fsp3) is 0.636. The average Bonchev–Trinajstić information content (AvgIpc) is 2.42. The number of ether oxygens (including phenoxy) is 1. The van der Waals surface area contributed by atoms with E-state index >= 15 is 0 Å². The molecule has 3 heteroatoms. The van der Waals surface area contributed by atoms with E-state index in [0.29, 0.717) is 11.8 Å². The quantitative estimate of drug-likeness (QED) is 0.432. The number of carbonyl (C=O) groups excluding carboxylic acids is 2. The lowest BCUT2D eigenvalue weighted by molar-refractivity contribution is -0.151. The Morgan fingerprint density at radius 2 is 1.36 bits per heavy atom. The van der Waals surface area contributed by atoms with Crippen molar-refractivity contribution in [1.82, 2.24) is 0 Å². The smallest absolute Gasteiger partial charge is 0.342 e. The number of cyclic esters (lactones) is 2. The first kappa shape index (κ1) is 8.21. The molecule has 1 aliphatic heterocycles. The maximum atomic E-state index is 11.5. The van der Waals surface area contributed by atoms with Crippen molar-refractivity contribution in [3.8, 4) is 0 Å². The van der Waals surface area contributed by atoms with Crippen molar-refractivity contribution in [3.05, 3.63) is 11.1 Å². The van der Waals surface area contributed by atoms with Crippen LogP contribution in [0.3, 0.4) is 0 Å². The van der Waals surface area contributed by atoms with Gasteiger partial charge in [-0.15, -0.1) is 0 Å². The average molecular weight is 192 g/mol. The lowest BCUT2D eigenvalue weighted by Crippen LogP contribution is -2.17. The Morgan fingerprint density at radius 1 is 0.857 bits per heavy atom. The molecular weight excluding hydrogens is 180 g/mol. The summed E-state index contributed by atoms with van der Waals surface area (Å²) in [6, 6.07) is 0. The van der Waals surface area contributed by atoms with Crippen LogP contribution >= 0.6 is 0 Å². The van der Waals surface area contributed by atoms with Crippen LogP contribution in [0, 0.1) is 11.8 Å². The second kappa shape index (κ2) is 2.69. The molecule has 0 aromatic rings. The minimum absolute atomic E-state index is 0.308. The molecule has 0 aromatic carbocycles. The number of rotatable bonds is 0. The third-order valence-corrected chi connectivity index (χ3v) is 3.70. The molecule has 4 rings (SSSR count). The van der Waals surface area contributed by atoms with Gasteiger partial charge >= 0.3 is 11.9 Å². The van der Waals surface area contributed by atoms with E-state index < -0.39 is 0 Å². The molecule has 0 saturated heterocycles. The zero-order chi connectivity index (χ0) is 9.71. The zero-order valence-electron chi connectivity index (χ0n) is 7.91. The minimum Gasteiger partial charge on any atom is -0.386 e. The maximum Gasteiger partial charge on any atom is 0.342 e. The first-order valence-corrected chi connectivity index (χ1v) is 5.28. The van der Waals surface area contributed by atoms with Crippen molar-refractivity contribution in [2.24, 2.45) is 11.8 Å². The van der Waals surface area contributed by atoms with Gasteiger partial charge in [-0.25, -0.2) is 9.59 Å². The molecule has 0 radical (unpaired) electrons. The molecule has 0 N–H and O–H groups in total. The summed E-state index contributed by atoms with van der Waals surface area (Å²) in [5.74, 6) is -0.103. The molecule has 3 nitrogen and oxygen atoms in total. The molecule has 2 unspecified atom stereocenters. The van der Waals surface area contributed by atoms with E-state index in [0.717, 1.165) is 43.3 Å². The Hall–Kier alpha value is -1.12. The fourth-order valence-electron chi connectivity index (χ4n) is 3.07. The molecule has 4 aliphatic rings. The van der Waals surface area contributed by atoms with E-state index in [9.17, 15) is 9.59 Å². The summed E-state index contributed by atoms with van der Waals surface area (Å²) in [5, 5.41) is 0. The Bertz CT molecular complexity index is 318. The highest BCUT2D eigenvalue weighted by molar-refractivity contribution is 6.13. The van der Waals surface area contributed by atoms with Gasteiger partial charge < -0.3 is 4.74 Å². The van der Waals surface area contributed by atoms with Crippen LogP contribution in [0.5, 0.6) is 0 Å². The van der Waals surface area contributed by atoms with E-state index in [-0.39, 0.29) is 11.9 Å². The number of esters is 2. The summed E-state index contributed by atoms with van der Waals surface area (Å²) in [6.45, 7) is 0. The van der Waals surface area contributed by atoms with Crippen LogP contribution < -0.4 is 0 Å². The van der Waals surface area contributed by atoms with Gasteiger partial charge in [0.25, 0.3) is 0 Å². The first-order chi connectivity index (χ1) is 6.77. The number of carbonyl (C=O) groups is 2. The molecular formula is C11H12O3. The summed E-state index contributed by atoms with van der Waals surface area (Å²) in [7, 11) is 0. The van der Waals surface area contributed by atoms with Crippen molar-refractivity contribution < 1.29 is 14.3 Å². The number of fused-ring (bicyclic) bond motifs is 3. The summed E-state index contributed by atoms with van der Waals surface area (Å²) in [5.41, 5.74) is 1.45. The van der Waals surface area contributed by atoms with Crippen LogP contribution in [0.15, 0.2) is 11.1 Å². The van der Waals surface area contributed by atoms with Crippen LogP contribution in [0.1, 0.15) is 32.1 Å². The van der Waals surface area contributed by atoms with Crippen LogP contribution in [0.25, 0.3) is 0 Å². The SMILES string of the molecule is O=C1OC(=O)C2=C1C1CCCC2CC1. The van der Waals surface area contributed by atoms with E-state index in [1.54, 1.807) is 0 Å². The summed E-state index contributed by atoms with van der Waals surface area (Å²) in [4.78, 5) is 22.9. The maximum absolute atomic E-state index is 11.5. The van der Waals surface area contributed by atoms with Crippen LogP contribution in [-0.2, 0) is 14.3 Å². The van der Waals surface area contributed by atoms with Gasteiger partial charge in [-0.2, -0.15) is 0 Å². The minimum atomic E-state index is -0.360. The van der Waals surface area contributed by atoms with Crippen molar-refractivity contribution in [1.29, 1.82) is 0 Å². The molecule has 1 saturated carbocycles. The van der Waals surface area contributed by atoms with Gasteiger partial charge in [0.15, 0.2) is 0 Å². The predicted octanol–water partition coefficient (Wildman–Crippen LogP) is 1.58. The Kier molecular flexibility index (Phi) is 1.58. The van der Waals surface area contributed by atoms with E-state index in [4.69, 9.17) is 4.74 Å². The standard InChI is InChI=1S/C11H12O3/c12-10-8-6-2-1-3-7(5-4-6)9(8)11(13)14-10/h6-7H,1-5H2. The highest BCUT2D eigenvalue weighted by Crippen LogP contribution is 2.46. The highest BCUT2D eigenvalue weighted by Gasteiger charge is 2.45. The molecule has 2 atom stereocenters. The molecule has 74 valence electrons. The molecule has 2 bridgehead atoms. The van der Waals surface area contributed by atoms with Crippen molar-refractivity contribution in [2.75, 3.05) is 0 Å². The van der Waals surface area contributed by atoms with Crippen LogP contribution in [-0.4, -0.2) is 11.9 Å². The van der Waals surface area contributed by atoms with Gasteiger partial charge in [0.05, 0.1) is 11.1 Å². The van der Waals surface area contributed by atoms with Gasteiger partial charge in [0.1, 0.15) is 0 Å². The highest BCUT2D eigenvalue weighted by atomic mass is 16.6. The number of hydrogen-bond donors (Lipinski definition) is 0. The Labute approximate surface area is 82.1 Å². The predicted molar refractivity (Wildman–Crippen MR) is 48.2 cm³/mol. The summed E-state index contributed by atoms with van der Waals surface area (Å²) in [6.07, 6.45) is 5.37. The lowest BCUT2D eigenvalue weighted by Gasteiger charge is -2.21. The van der Waals surface area contributed by atoms with Crippen molar-refractivity contribution in [3.63, 3.8) is 0 Å². The topological polar surface area (TPSA) is 43.4 Å². The fourth-order valence-corrected chi connectivity index (χ4v) is 3.07. The number of hydrogen-bond acceptors (Lipinski definition) is 3. The zero-order valence-corrected chi connectivity index (χ0v) is 7.91. The third-order valence-electron chi connectivity index (χ3n) is 3.70. The molecule has 0 aromatic heterocycles. The lowest BCUT2D eigenvalue weighted by atomic mass is 9.79. The second-order valence-electron chi connectivity index (χ2n) is 4.41. The summed E-state index contributed by atoms with van der Waals surface area (Å²) < 4.78 is 4.69. The van der Waals surface area contributed by atoms with E-state index in [2.05, 4.69) is 0 Å². The van der Waals surface area contributed by atoms with E-state index in [1.807, 2.05) is 0 Å². The van der Waals surface area contributed by atoms with Gasteiger partial charge in [-0.05, 0) is 37.5 Å². The first-order valence-electron chi connectivity index (χ1n) is 5.28. The molecule has 3 aliphatic carbocycles. The monoisotopic (exact) mass is 192 g/mol. The van der Waals surface area contributed by atoms with Crippen molar-refractivity contribution in [2.45, 2.75) is 32.1 Å². The molecule has 0 amide bonds. The van der Waals surface area contributed by atoms with Gasteiger partial charge in [0.2, 0.25) is 0 Å². The molecule has 0 spiro atoms.